The van der Waals surface area contributed by atoms with Gasteiger partial charge in [0, 0.05) is 37.6 Å². The Labute approximate surface area is 150 Å². The van der Waals surface area contributed by atoms with E-state index in [2.05, 4.69) is 0 Å². The van der Waals surface area contributed by atoms with E-state index in [0.717, 1.165) is 11.1 Å². The van der Waals surface area contributed by atoms with Gasteiger partial charge in [-0.1, -0.05) is 35.9 Å². The third-order valence-electron chi connectivity index (χ3n) is 4.27. The van der Waals surface area contributed by atoms with Gasteiger partial charge in [-0.15, -0.1) is 0 Å². The first-order chi connectivity index (χ1) is 12.0. The summed E-state index contributed by atoms with van der Waals surface area (Å²) < 4.78 is 6.65. The van der Waals surface area contributed by atoms with Crippen molar-refractivity contribution in [2.45, 2.75) is 26.4 Å². The minimum atomic E-state index is -0.480. The zero-order valence-electron chi connectivity index (χ0n) is 14.2. The highest BCUT2D eigenvalue weighted by Crippen LogP contribution is 2.18. The molecule has 0 bridgehead atoms. The standard InChI is InChI=1S/C19H19ClN2O3/c1-13-5-3-4-6-14(13)12-21(2)18(23)9-10-22-16-8-7-15(20)11-17(16)25-19(22)24/h3-8,11H,9-10,12H2,1-2H3. The van der Waals surface area contributed by atoms with Gasteiger partial charge in [0.2, 0.25) is 5.91 Å². The van der Waals surface area contributed by atoms with Crippen molar-refractivity contribution in [3.8, 4) is 0 Å². The average molecular weight is 359 g/mol. The molecule has 0 N–H and O–H groups in total. The second kappa shape index (κ2) is 7.15. The van der Waals surface area contributed by atoms with E-state index in [9.17, 15) is 9.59 Å². The highest BCUT2D eigenvalue weighted by atomic mass is 35.5. The Morgan fingerprint density at radius 1 is 1.24 bits per heavy atom. The topological polar surface area (TPSA) is 55.5 Å². The van der Waals surface area contributed by atoms with Crippen LogP contribution in [0.4, 0.5) is 0 Å². The number of nitrogens with zero attached hydrogens (tertiary/aromatic N) is 2. The van der Waals surface area contributed by atoms with Crippen LogP contribution < -0.4 is 5.76 Å². The number of amides is 1. The number of aromatic nitrogens is 1. The monoisotopic (exact) mass is 358 g/mol. The van der Waals surface area contributed by atoms with E-state index >= 15 is 0 Å². The van der Waals surface area contributed by atoms with Crippen LogP contribution in [0.1, 0.15) is 17.5 Å². The Morgan fingerprint density at radius 2 is 2.00 bits per heavy atom. The summed E-state index contributed by atoms with van der Waals surface area (Å²) in [7, 11) is 1.77. The molecule has 0 fully saturated rings. The van der Waals surface area contributed by atoms with Gasteiger partial charge in [-0.05, 0) is 30.2 Å². The highest BCUT2D eigenvalue weighted by Gasteiger charge is 2.14. The molecule has 0 saturated carbocycles. The van der Waals surface area contributed by atoms with Crippen molar-refractivity contribution < 1.29 is 9.21 Å². The van der Waals surface area contributed by atoms with E-state index in [1.54, 1.807) is 30.1 Å². The van der Waals surface area contributed by atoms with Crippen LogP contribution >= 0.6 is 11.6 Å². The van der Waals surface area contributed by atoms with E-state index in [1.165, 1.54) is 4.57 Å². The predicted octanol–water partition coefficient (Wildman–Crippen LogP) is 3.61. The van der Waals surface area contributed by atoms with E-state index in [1.807, 2.05) is 31.2 Å². The van der Waals surface area contributed by atoms with Gasteiger partial charge in [0.25, 0.3) is 0 Å². The maximum absolute atomic E-state index is 12.4. The van der Waals surface area contributed by atoms with Crippen molar-refractivity contribution in [2.24, 2.45) is 0 Å². The molecule has 0 aliphatic rings. The van der Waals surface area contributed by atoms with Gasteiger partial charge >= 0.3 is 5.76 Å². The first-order valence-corrected chi connectivity index (χ1v) is 8.41. The average Bonchev–Trinajstić information content (AvgIpc) is 2.88. The molecule has 5 nitrogen and oxygen atoms in total. The Bertz CT molecular complexity index is 974. The Kier molecular flexibility index (Phi) is 4.95. The van der Waals surface area contributed by atoms with Crippen LogP contribution in [0.15, 0.2) is 51.7 Å². The Morgan fingerprint density at radius 3 is 2.76 bits per heavy atom. The van der Waals surface area contributed by atoms with Crippen molar-refractivity contribution in [1.82, 2.24) is 9.47 Å². The molecule has 0 aliphatic heterocycles. The molecule has 0 saturated heterocycles. The van der Waals surface area contributed by atoms with Crippen molar-refractivity contribution in [2.75, 3.05) is 7.05 Å². The number of carbonyl (C=O) groups excluding carboxylic acids is 1. The number of hydrogen-bond acceptors (Lipinski definition) is 3. The zero-order valence-corrected chi connectivity index (χ0v) is 14.9. The summed E-state index contributed by atoms with van der Waals surface area (Å²) in [5.41, 5.74) is 3.33. The third-order valence-corrected chi connectivity index (χ3v) is 4.51. The summed E-state index contributed by atoms with van der Waals surface area (Å²) >= 11 is 5.91. The van der Waals surface area contributed by atoms with Crippen molar-refractivity contribution >= 4 is 28.6 Å². The molecule has 1 heterocycles. The van der Waals surface area contributed by atoms with Crippen LogP contribution in [0.2, 0.25) is 5.02 Å². The Balaban J connectivity index is 1.69. The third kappa shape index (κ3) is 3.77. The number of aryl methyl sites for hydroxylation is 2. The fraction of sp³-hybridized carbons (Fsp3) is 0.263. The lowest BCUT2D eigenvalue weighted by Crippen LogP contribution is -2.28. The molecular formula is C19H19ClN2O3. The molecule has 3 rings (SSSR count). The van der Waals surface area contributed by atoms with Crippen molar-refractivity contribution in [3.05, 3.63) is 69.2 Å². The smallest absolute Gasteiger partial charge is 0.408 e. The lowest BCUT2D eigenvalue weighted by atomic mass is 10.1. The van der Waals surface area contributed by atoms with Gasteiger partial charge in [-0.3, -0.25) is 9.36 Å². The lowest BCUT2D eigenvalue weighted by molar-refractivity contribution is -0.130. The molecule has 1 aromatic heterocycles. The van der Waals surface area contributed by atoms with Crippen LogP contribution in [-0.4, -0.2) is 22.4 Å². The predicted molar refractivity (Wildman–Crippen MR) is 97.8 cm³/mol. The molecule has 0 aliphatic carbocycles. The molecule has 25 heavy (non-hydrogen) atoms. The first kappa shape index (κ1) is 17.3. The molecule has 1 amide bonds. The highest BCUT2D eigenvalue weighted by molar-refractivity contribution is 6.31. The summed E-state index contributed by atoms with van der Waals surface area (Å²) in [6.07, 6.45) is 0.222. The first-order valence-electron chi connectivity index (χ1n) is 8.03. The number of fused-ring (bicyclic) bond motifs is 1. The van der Waals surface area contributed by atoms with Crippen LogP contribution in [0.25, 0.3) is 11.1 Å². The Hall–Kier alpha value is -2.53. The molecule has 6 heteroatoms. The fourth-order valence-electron chi connectivity index (χ4n) is 2.78. The van der Waals surface area contributed by atoms with Gasteiger partial charge in [-0.2, -0.15) is 0 Å². The number of carbonyl (C=O) groups is 1. The summed E-state index contributed by atoms with van der Waals surface area (Å²) in [6, 6.07) is 13.0. The number of halogens is 1. The molecule has 0 atom stereocenters. The summed E-state index contributed by atoms with van der Waals surface area (Å²) in [5.74, 6) is -0.509. The molecule has 3 aromatic rings. The van der Waals surface area contributed by atoms with Gasteiger partial charge < -0.3 is 9.32 Å². The van der Waals surface area contributed by atoms with Gasteiger partial charge in [0.15, 0.2) is 5.58 Å². The minimum absolute atomic E-state index is 0.0292. The minimum Gasteiger partial charge on any atom is -0.408 e. The summed E-state index contributed by atoms with van der Waals surface area (Å²) in [6.45, 7) is 2.84. The number of hydrogen-bond donors (Lipinski definition) is 0. The molecule has 0 spiro atoms. The zero-order chi connectivity index (χ0) is 18.0. The van der Waals surface area contributed by atoms with E-state index < -0.39 is 5.76 Å². The number of oxazole rings is 1. The summed E-state index contributed by atoms with van der Waals surface area (Å²) in [4.78, 5) is 26.1. The van der Waals surface area contributed by atoms with Gasteiger partial charge in [-0.25, -0.2) is 4.79 Å². The second-order valence-electron chi connectivity index (χ2n) is 6.06. The number of rotatable bonds is 5. The number of benzene rings is 2. The lowest BCUT2D eigenvalue weighted by Gasteiger charge is -2.18. The van der Waals surface area contributed by atoms with Crippen LogP contribution in [0.5, 0.6) is 0 Å². The molecule has 130 valence electrons. The normalized spacial score (nSPS) is 11.0. The van der Waals surface area contributed by atoms with E-state index in [-0.39, 0.29) is 18.9 Å². The fourth-order valence-corrected chi connectivity index (χ4v) is 2.94. The molecular weight excluding hydrogens is 340 g/mol. The van der Waals surface area contributed by atoms with Crippen LogP contribution in [0, 0.1) is 6.92 Å². The van der Waals surface area contributed by atoms with Gasteiger partial charge in [0.1, 0.15) is 0 Å². The van der Waals surface area contributed by atoms with Gasteiger partial charge in [0.05, 0.1) is 5.52 Å². The van der Waals surface area contributed by atoms with Crippen molar-refractivity contribution in [1.29, 1.82) is 0 Å². The second-order valence-corrected chi connectivity index (χ2v) is 6.49. The maximum atomic E-state index is 12.4. The SMILES string of the molecule is Cc1ccccc1CN(C)C(=O)CCn1c(=O)oc2cc(Cl)ccc21. The molecule has 2 aromatic carbocycles. The van der Waals surface area contributed by atoms with E-state index in [4.69, 9.17) is 16.0 Å². The van der Waals surface area contributed by atoms with E-state index in [0.29, 0.717) is 22.7 Å². The van der Waals surface area contributed by atoms with Crippen LogP contribution in [-0.2, 0) is 17.9 Å². The molecule has 0 radical (unpaired) electrons. The van der Waals surface area contributed by atoms with Crippen LogP contribution in [0.3, 0.4) is 0 Å². The largest absolute Gasteiger partial charge is 0.419 e. The molecule has 0 unspecified atom stereocenters. The van der Waals surface area contributed by atoms with Crippen molar-refractivity contribution in [3.63, 3.8) is 0 Å². The quantitative estimate of drug-likeness (QED) is 0.700. The summed E-state index contributed by atoms with van der Waals surface area (Å²) in [5, 5.41) is 0.502. The maximum Gasteiger partial charge on any atom is 0.419 e.